The fourth-order valence-electron chi connectivity index (χ4n) is 0.514. The van der Waals surface area contributed by atoms with Crippen LogP contribution in [-0.4, -0.2) is 9.91 Å². The van der Waals surface area contributed by atoms with E-state index >= 15 is 0 Å². The second kappa shape index (κ2) is 3.39. The van der Waals surface area contributed by atoms with Crippen LogP contribution in [0.5, 0.6) is 0 Å². The van der Waals surface area contributed by atoms with Gasteiger partial charge in [-0.3, -0.25) is 0 Å². The molecule has 1 nitrogen and oxygen atoms in total. The Morgan fingerprint density at radius 2 is 2.56 bits per heavy atom. The summed E-state index contributed by atoms with van der Waals surface area (Å²) in [6.07, 6.45) is 4.53. The van der Waals surface area contributed by atoms with Gasteiger partial charge in [-0.1, -0.05) is 18.3 Å². The maximum Gasteiger partial charge on any atom is 0.120 e. The van der Waals surface area contributed by atoms with E-state index < -0.39 is 0 Å². The molecule has 0 amide bonds. The molecule has 0 aromatic heterocycles. The van der Waals surface area contributed by atoms with E-state index in [1.54, 1.807) is 6.20 Å². The number of allylic oxidation sites excluding steroid dienone is 1. The smallest absolute Gasteiger partial charge is 0.120 e. The van der Waals surface area contributed by atoms with Gasteiger partial charge in [0.2, 0.25) is 0 Å². The molecule has 1 aliphatic rings. The van der Waals surface area contributed by atoms with Gasteiger partial charge in [0.05, 0.1) is 4.86 Å². The molecule has 0 aromatic carbocycles. The van der Waals surface area contributed by atoms with Crippen LogP contribution in [0.15, 0.2) is 17.3 Å². The lowest BCUT2D eigenvalue weighted by Crippen LogP contribution is -2.06. The predicted octanol–water partition coefficient (Wildman–Crippen LogP) is 2.25. The normalized spacial score (nSPS) is 17.9. The van der Waals surface area contributed by atoms with Crippen molar-refractivity contribution in [3.05, 3.63) is 12.3 Å². The SMILES string of the molecule is S=C1CC=CN=C1SS. The summed E-state index contributed by atoms with van der Waals surface area (Å²) in [4.78, 5) is 4.90. The molecule has 0 spiro atoms. The van der Waals surface area contributed by atoms with E-state index in [9.17, 15) is 0 Å². The maximum absolute atomic E-state index is 4.97. The summed E-state index contributed by atoms with van der Waals surface area (Å²) >= 11 is 8.96. The van der Waals surface area contributed by atoms with E-state index in [0.29, 0.717) is 0 Å². The molecular formula is C5H5NS3. The Morgan fingerprint density at radius 3 is 3.00 bits per heavy atom. The largest absolute Gasteiger partial charge is 0.248 e. The molecule has 1 rings (SSSR count). The molecule has 1 heterocycles. The third kappa shape index (κ3) is 1.81. The first-order valence-electron chi connectivity index (χ1n) is 2.42. The number of thiocarbonyl (C=S) groups is 1. The molecule has 0 atom stereocenters. The lowest BCUT2D eigenvalue weighted by atomic mass is 10.3. The molecule has 0 aliphatic carbocycles. The van der Waals surface area contributed by atoms with Crippen molar-refractivity contribution in [1.82, 2.24) is 0 Å². The monoisotopic (exact) mass is 175 g/mol. The Bertz CT molecular complexity index is 183. The van der Waals surface area contributed by atoms with Crippen molar-refractivity contribution in [1.29, 1.82) is 0 Å². The fourth-order valence-corrected chi connectivity index (χ4v) is 1.74. The summed E-state index contributed by atoms with van der Waals surface area (Å²) in [5.74, 6) is 0. The zero-order valence-electron chi connectivity index (χ0n) is 4.57. The number of rotatable bonds is 0. The average Bonchev–Trinajstić information content (AvgIpc) is 1.89. The predicted molar refractivity (Wildman–Crippen MR) is 50.4 cm³/mol. The van der Waals surface area contributed by atoms with Gasteiger partial charge < -0.3 is 0 Å². The number of thiol groups is 1. The number of nitrogens with zero attached hydrogens (tertiary/aromatic N) is 1. The second-order valence-corrected chi connectivity index (χ2v) is 3.15. The number of aliphatic imine (C=N–C) groups is 1. The van der Waals surface area contributed by atoms with Crippen molar-refractivity contribution in [3.63, 3.8) is 0 Å². The Hall–Kier alpha value is 0.200. The van der Waals surface area contributed by atoms with E-state index in [4.69, 9.17) is 12.2 Å². The van der Waals surface area contributed by atoms with Crippen LogP contribution in [0.25, 0.3) is 0 Å². The quantitative estimate of drug-likeness (QED) is 0.344. The van der Waals surface area contributed by atoms with Crippen LogP contribution in [0.4, 0.5) is 0 Å². The molecule has 0 saturated heterocycles. The highest BCUT2D eigenvalue weighted by Crippen LogP contribution is 2.15. The third-order valence-corrected chi connectivity index (χ3v) is 2.46. The summed E-state index contributed by atoms with van der Waals surface area (Å²) in [6.45, 7) is 0. The highest BCUT2D eigenvalue weighted by molar-refractivity contribution is 8.75. The van der Waals surface area contributed by atoms with Gasteiger partial charge in [-0.2, -0.15) is 0 Å². The molecule has 9 heavy (non-hydrogen) atoms. The minimum absolute atomic E-state index is 0.835. The molecule has 4 heteroatoms. The van der Waals surface area contributed by atoms with Gasteiger partial charge >= 0.3 is 0 Å². The summed E-state index contributed by atoms with van der Waals surface area (Å²) in [5.41, 5.74) is 0. The van der Waals surface area contributed by atoms with Crippen LogP contribution < -0.4 is 0 Å². The van der Waals surface area contributed by atoms with Crippen molar-refractivity contribution in [2.45, 2.75) is 6.42 Å². The Kier molecular flexibility index (Phi) is 2.75. The van der Waals surface area contributed by atoms with E-state index in [-0.39, 0.29) is 0 Å². The minimum atomic E-state index is 0.835. The van der Waals surface area contributed by atoms with Crippen molar-refractivity contribution >= 4 is 44.6 Å². The molecule has 0 bridgehead atoms. The summed E-state index contributed by atoms with van der Waals surface area (Å²) in [6, 6.07) is 0. The van der Waals surface area contributed by atoms with Crippen LogP contribution >= 0.6 is 34.7 Å². The lowest BCUT2D eigenvalue weighted by molar-refractivity contribution is 1.43. The molecule has 48 valence electrons. The molecule has 1 aliphatic heterocycles. The van der Waals surface area contributed by atoms with E-state index in [1.165, 1.54) is 10.8 Å². The van der Waals surface area contributed by atoms with Crippen molar-refractivity contribution in [3.8, 4) is 0 Å². The van der Waals surface area contributed by atoms with Crippen LogP contribution in [0.1, 0.15) is 6.42 Å². The molecule has 0 fully saturated rings. The van der Waals surface area contributed by atoms with Gasteiger partial charge in [0.1, 0.15) is 5.04 Å². The number of hydrogen-bond donors (Lipinski definition) is 1. The van der Waals surface area contributed by atoms with Crippen LogP contribution in [0.2, 0.25) is 0 Å². The molecule has 0 radical (unpaired) electrons. The Balaban J connectivity index is 2.74. The standard InChI is InChI=1S/C5H5NS3/c7-4-2-1-3-6-5(4)9-8/h1,3,8H,2H2. The summed E-state index contributed by atoms with van der Waals surface area (Å²) in [7, 11) is 1.31. The first-order chi connectivity index (χ1) is 4.34. The van der Waals surface area contributed by atoms with Gasteiger partial charge in [-0.15, -0.1) is 11.7 Å². The topological polar surface area (TPSA) is 12.4 Å². The molecule has 0 aromatic rings. The zero-order valence-corrected chi connectivity index (χ0v) is 7.10. The van der Waals surface area contributed by atoms with Gasteiger partial charge in [-0.25, -0.2) is 4.99 Å². The minimum Gasteiger partial charge on any atom is -0.248 e. The van der Waals surface area contributed by atoms with Crippen molar-refractivity contribution < 1.29 is 0 Å². The maximum atomic E-state index is 4.97. The van der Waals surface area contributed by atoms with Gasteiger partial charge in [-0.05, 0) is 10.8 Å². The highest BCUT2D eigenvalue weighted by atomic mass is 33.1. The lowest BCUT2D eigenvalue weighted by Gasteiger charge is -2.03. The molecule has 0 unspecified atom stereocenters. The molecule has 0 saturated carbocycles. The van der Waals surface area contributed by atoms with Gasteiger partial charge in [0, 0.05) is 12.6 Å². The number of hydrogen-bond acceptors (Lipinski definition) is 4. The summed E-state index contributed by atoms with van der Waals surface area (Å²) in [5, 5.41) is 0.857. The zero-order chi connectivity index (χ0) is 6.69. The molecular weight excluding hydrogens is 170 g/mol. The van der Waals surface area contributed by atoms with Crippen molar-refractivity contribution in [2.24, 2.45) is 4.99 Å². The summed E-state index contributed by atoms with van der Waals surface area (Å²) < 4.78 is 0. The first-order valence-corrected chi connectivity index (χ1v) is 4.69. The van der Waals surface area contributed by atoms with E-state index in [0.717, 1.165) is 16.3 Å². The molecule has 0 N–H and O–H groups in total. The second-order valence-electron chi connectivity index (χ2n) is 1.54. The highest BCUT2D eigenvalue weighted by Gasteiger charge is 2.05. The van der Waals surface area contributed by atoms with Crippen LogP contribution in [0, 0.1) is 0 Å². The Labute approximate surface area is 68.4 Å². The average molecular weight is 175 g/mol. The van der Waals surface area contributed by atoms with E-state index in [1.807, 2.05) is 6.08 Å². The first kappa shape index (κ1) is 7.31. The van der Waals surface area contributed by atoms with E-state index in [2.05, 4.69) is 16.7 Å². The van der Waals surface area contributed by atoms with Crippen molar-refractivity contribution in [2.75, 3.05) is 0 Å². The Morgan fingerprint density at radius 1 is 1.78 bits per heavy atom. The van der Waals surface area contributed by atoms with Gasteiger partial charge in [0.25, 0.3) is 0 Å². The van der Waals surface area contributed by atoms with Crippen LogP contribution in [0.3, 0.4) is 0 Å². The van der Waals surface area contributed by atoms with Crippen LogP contribution in [-0.2, 0) is 0 Å². The third-order valence-electron chi connectivity index (χ3n) is 0.925. The van der Waals surface area contributed by atoms with Gasteiger partial charge in [0.15, 0.2) is 0 Å². The fraction of sp³-hybridized carbons (Fsp3) is 0.200.